The summed E-state index contributed by atoms with van der Waals surface area (Å²) in [5, 5.41) is 11.6. The molecule has 134 valence electrons. The minimum atomic E-state index is -0.700. The smallest absolute Gasteiger partial charge is 0.329 e. The number of carbonyl (C=O) groups is 2. The Bertz CT molecular complexity index is 770. The maximum absolute atomic E-state index is 12.4. The lowest BCUT2D eigenvalue weighted by molar-refractivity contribution is -0.147. The molecule has 1 amide bonds. The standard InChI is InChI=1S/C20H20N2O3S/c1-26-12-11-18(22-19(23)17-5-3-2-4-6-17)20(24)25-14-16-9-7-15(13-21)8-10-16/h2-10,18H,11-12,14H2,1H3,(H,22,23)/t18-/m1/s1. The lowest BCUT2D eigenvalue weighted by Crippen LogP contribution is -2.42. The number of carbonyl (C=O) groups excluding carboxylic acids is 2. The summed E-state index contributed by atoms with van der Waals surface area (Å²) in [5.74, 6) is -0.0363. The molecule has 1 N–H and O–H groups in total. The van der Waals surface area contributed by atoms with Crippen molar-refractivity contribution in [2.45, 2.75) is 19.1 Å². The first-order valence-corrected chi connectivity index (χ1v) is 9.54. The largest absolute Gasteiger partial charge is 0.459 e. The molecule has 5 nitrogen and oxygen atoms in total. The van der Waals surface area contributed by atoms with E-state index in [-0.39, 0.29) is 12.5 Å². The number of ether oxygens (including phenoxy) is 1. The molecule has 0 saturated heterocycles. The van der Waals surface area contributed by atoms with Crippen molar-refractivity contribution in [2.75, 3.05) is 12.0 Å². The number of rotatable bonds is 8. The molecule has 2 aromatic carbocycles. The highest BCUT2D eigenvalue weighted by molar-refractivity contribution is 7.98. The van der Waals surface area contributed by atoms with Crippen molar-refractivity contribution < 1.29 is 14.3 Å². The van der Waals surface area contributed by atoms with Crippen LogP contribution in [0.3, 0.4) is 0 Å². The molecule has 0 aliphatic carbocycles. The molecule has 0 aliphatic rings. The van der Waals surface area contributed by atoms with Crippen LogP contribution in [-0.2, 0) is 16.1 Å². The van der Waals surface area contributed by atoms with Gasteiger partial charge in [0.05, 0.1) is 11.6 Å². The third kappa shape index (κ3) is 5.94. The first kappa shape index (κ1) is 19.5. The van der Waals surface area contributed by atoms with Crippen molar-refractivity contribution in [1.82, 2.24) is 5.32 Å². The summed E-state index contributed by atoms with van der Waals surface area (Å²) >= 11 is 1.60. The minimum absolute atomic E-state index is 0.0987. The molecule has 6 heteroatoms. The van der Waals surface area contributed by atoms with E-state index in [0.717, 1.165) is 11.3 Å². The summed E-state index contributed by atoms with van der Waals surface area (Å²) in [5.41, 5.74) is 1.84. The van der Waals surface area contributed by atoms with Crippen LogP contribution in [0, 0.1) is 11.3 Å². The fourth-order valence-corrected chi connectivity index (χ4v) is 2.72. The zero-order valence-corrected chi connectivity index (χ0v) is 15.3. The third-order valence-electron chi connectivity index (χ3n) is 3.70. The van der Waals surface area contributed by atoms with Crippen molar-refractivity contribution in [3.63, 3.8) is 0 Å². The van der Waals surface area contributed by atoms with Crippen LogP contribution in [0.25, 0.3) is 0 Å². The molecule has 26 heavy (non-hydrogen) atoms. The highest BCUT2D eigenvalue weighted by Gasteiger charge is 2.22. The molecule has 0 heterocycles. The Balaban J connectivity index is 1.96. The number of hydrogen-bond acceptors (Lipinski definition) is 5. The predicted molar refractivity (Wildman–Crippen MR) is 102 cm³/mol. The molecule has 0 aromatic heterocycles. The van der Waals surface area contributed by atoms with Crippen LogP contribution >= 0.6 is 11.8 Å². The van der Waals surface area contributed by atoms with Gasteiger partial charge < -0.3 is 10.1 Å². The van der Waals surface area contributed by atoms with Crippen LogP contribution < -0.4 is 5.32 Å². The third-order valence-corrected chi connectivity index (χ3v) is 4.34. The van der Waals surface area contributed by atoms with Gasteiger partial charge in [0.2, 0.25) is 0 Å². The number of amides is 1. The number of thioether (sulfide) groups is 1. The average molecular weight is 368 g/mol. The number of nitriles is 1. The summed E-state index contributed by atoms with van der Waals surface area (Å²) in [6.45, 7) is 0.0987. The lowest BCUT2D eigenvalue weighted by Gasteiger charge is -2.17. The highest BCUT2D eigenvalue weighted by Crippen LogP contribution is 2.09. The first-order chi connectivity index (χ1) is 12.6. The zero-order valence-electron chi connectivity index (χ0n) is 14.5. The van der Waals surface area contributed by atoms with Crippen LogP contribution in [-0.4, -0.2) is 29.9 Å². The van der Waals surface area contributed by atoms with Crippen LogP contribution in [0.2, 0.25) is 0 Å². The molecule has 0 fully saturated rings. The normalized spacial score (nSPS) is 11.2. The summed E-state index contributed by atoms with van der Waals surface area (Å²) < 4.78 is 5.35. The van der Waals surface area contributed by atoms with E-state index in [1.807, 2.05) is 18.4 Å². The lowest BCUT2D eigenvalue weighted by atomic mass is 10.1. The van der Waals surface area contributed by atoms with E-state index in [2.05, 4.69) is 5.32 Å². The maximum atomic E-state index is 12.4. The fourth-order valence-electron chi connectivity index (χ4n) is 2.25. The molecule has 1 atom stereocenters. The minimum Gasteiger partial charge on any atom is -0.459 e. The average Bonchev–Trinajstić information content (AvgIpc) is 2.70. The SMILES string of the molecule is CSCC[C@@H](NC(=O)c1ccccc1)C(=O)OCc1ccc(C#N)cc1. The molecule has 0 unspecified atom stereocenters. The Hall–Kier alpha value is -2.78. The molecule has 0 spiro atoms. The molecule has 0 saturated carbocycles. The molecule has 0 bridgehead atoms. The van der Waals surface area contributed by atoms with Crippen molar-refractivity contribution in [3.8, 4) is 6.07 Å². The van der Waals surface area contributed by atoms with Gasteiger partial charge in [-0.1, -0.05) is 30.3 Å². The van der Waals surface area contributed by atoms with Gasteiger partial charge >= 0.3 is 5.97 Å². The summed E-state index contributed by atoms with van der Waals surface area (Å²) in [4.78, 5) is 24.7. The fraction of sp³-hybridized carbons (Fsp3) is 0.250. The van der Waals surface area contributed by atoms with E-state index >= 15 is 0 Å². The van der Waals surface area contributed by atoms with Gasteiger partial charge in [0, 0.05) is 5.56 Å². The van der Waals surface area contributed by atoms with Crippen LogP contribution in [0.1, 0.15) is 27.9 Å². The molecule has 0 radical (unpaired) electrons. The van der Waals surface area contributed by atoms with Gasteiger partial charge in [0.25, 0.3) is 5.91 Å². The van der Waals surface area contributed by atoms with Crippen LogP contribution in [0.15, 0.2) is 54.6 Å². The van der Waals surface area contributed by atoms with Gasteiger partial charge in [-0.05, 0) is 48.3 Å². The number of hydrogen-bond donors (Lipinski definition) is 1. The zero-order chi connectivity index (χ0) is 18.8. The second-order valence-corrected chi connectivity index (χ2v) is 6.58. The van der Waals surface area contributed by atoms with Crippen molar-refractivity contribution in [3.05, 3.63) is 71.3 Å². The van der Waals surface area contributed by atoms with Gasteiger partial charge in [-0.2, -0.15) is 17.0 Å². The second-order valence-electron chi connectivity index (χ2n) is 5.59. The predicted octanol–water partition coefficient (Wildman–Crippen LogP) is 3.15. The summed E-state index contributed by atoms with van der Waals surface area (Å²) in [6, 6.07) is 16.9. The Morgan fingerprint density at radius 1 is 1.15 bits per heavy atom. The molecule has 2 aromatic rings. The monoisotopic (exact) mass is 368 g/mol. The van der Waals surface area contributed by atoms with E-state index < -0.39 is 12.0 Å². The van der Waals surface area contributed by atoms with E-state index in [4.69, 9.17) is 10.00 Å². The molecular formula is C20H20N2O3S. The van der Waals surface area contributed by atoms with Gasteiger partial charge in [0.15, 0.2) is 0 Å². The van der Waals surface area contributed by atoms with Crippen molar-refractivity contribution in [1.29, 1.82) is 5.26 Å². The summed E-state index contributed by atoms with van der Waals surface area (Å²) in [6.07, 6.45) is 2.43. The Kier molecular flexibility index (Phi) is 7.72. The number of benzene rings is 2. The van der Waals surface area contributed by atoms with Crippen molar-refractivity contribution in [2.24, 2.45) is 0 Å². The first-order valence-electron chi connectivity index (χ1n) is 8.14. The van der Waals surface area contributed by atoms with E-state index in [1.165, 1.54) is 0 Å². The van der Waals surface area contributed by atoms with Crippen LogP contribution in [0.5, 0.6) is 0 Å². The van der Waals surface area contributed by atoms with E-state index in [1.54, 1.807) is 60.3 Å². The van der Waals surface area contributed by atoms with E-state index in [0.29, 0.717) is 17.5 Å². The quantitative estimate of drug-likeness (QED) is 0.724. The Morgan fingerprint density at radius 2 is 1.85 bits per heavy atom. The molecular weight excluding hydrogens is 348 g/mol. The second kappa shape index (κ2) is 10.3. The van der Waals surface area contributed by atoms with Gasteiger partial charge in [-0.15, -0.1) is 0 Å². The van der Waals surface area contributed by atoms with E-state index in [9.17, 15) is 9.59 Å². The highest BCUT2D eigenvalue weighted by atomic mass is 32.2. The number of esters is 1. The van der Waals surface area contributed by atoms with Gasteiger partial charge in [-0.3, -0.25) is 4.79 Å². The summed E-state index contributed by atoms with van der Waals surface area (Å²) in [7, 11) is 0. The topological polar surface area (TPSA) is 79.2 Å². The Morgan fingerprint density at radius 3 is 2.46 bits per heavy atom. The number of nitrogens with zero attached hydrogens (tertiary/aromatic N) is 1. The Labute approximate surface area is 157 Å². The number of nitrogens with one attached hydrogen (secondary N) is 1. The van der Waals surface area contributed by atoms with Gasteiger partial charge in [0.1, 0.15) is 12.6 Å². The molecule has 2 rings (SSSR count). The van der Waals surface area contributed by atoms with Crippen molar-refractivity contribution >= 4 is 23.6 Å². The molecule has 0 aliphatic heterocycles. The van der Waals surface area contributed by atoms with Gasteiger partial charge in [-0.25, -0.2) is 4.79 Å². The van der Waals surface area contributed by atoms with Crippen LogP contribution in [0.4, 0.5) is 0 Å². The maximum Gasteiger partial charge on any atom is 0.329 e.